The van der Waals surface area contributed by atoms with Crippen LogP contribution in [0.25, 0.3) is 0 Å². The molecule has 0 heterocycles. The molecule has 0 aliphatic rings. The molecular weight excluding hydrogens is 417 g/mol. The van der Waals surface area contributed by atoms with Crippen molar-refractivity contribution in [1.82, 2.24) is 10.2 Å². The van der Waals surface area contributed by atoms with Gasteiger partial charge >= 0.3 is 0 Å². The lowest BCUT2D eigenvalue weighted by molar-refractivity contribution is -0.132. The predicted octanol–water partition coefficient (Wildman–Crippen LogP) is 2.72. The zero-order valence-corrected chi connectivity index (χ0v) is 16.5. The van der Waals surface area contributed by atoms with Gasteiger partial charge in [0, 0.05) is 22.8 Å². The average Bonchev–Trinajstić information content (AvgIpc) is 2.61. The van der Waals surface area contributed by atoms with E-state index in [9.17, 15) is 18.8 Å². The van der Waals surface area contributed by atoms with Gasteiger partial charge in [-0.3, -0.25) is 14.4 Å². The van der Waals surface area contributed by atoms with Gasteiger partial charge in [0.2, 0.25) is 11.8 Å². The number of amides is 3. The Labute approximate surface area is 164 Å². The van der Waals surface area contributed by atoms with Crippen molar-refractivity contribution < 1.29 is 18.8 Å². The predicted molar refractivity (Wildman–Crippen MR) is 104 cm³/mol. The quantitative estimate of drug-likeness (QED) is 0.731. The fourth-order valence-corrected chi connectivity index (χ4v) is 2.76. The Morgan fingerprint density at radius 1 is 1.15 bits per heavy atom. The van der Waals surface area contributed by atoms with Crippen molar-refractivity contribution in [3.8, 4) is 0 Å². The molecule has 0 atom stereocenters. The Balaban J connectivity index is 1.84. The molecular formula is C19H19BrFN3O3. The Kier molecular flexibility index (Phi) is 7.06. The first-order valence-electron chi connectivity index (χ1n) is 8.10. The maximum atomic E-state index is 13.1. The molecule has 2 N–H and O–H groups in total. The van der Waals surface area contributed by atoms with Crippen LogP contribution in [0.3, 0.4) is 0 Å². The number of hydrogen-bond acceptors (Lipinski definition) is 3. The molecule has 0 aromatic heterocycles. The number of aryl methyl sites for hydroxylation is 1. The summed E-state index contributed by atoms with van der Waals surface area (Å²) < 4.78 is 14.0. The molecule has 0 saturated carbocycles. The lowest BCUT2D eigenvalue weighted by Gasteiger charge is -2.17. The zero-order valence-electron chi connectivity index (χ0n) is 14.9. The summed E-state index contributed by atoms with van der Waals surface area (Å²) >= 11 is 3.35. The monoisotopic (exact) mass is 435 g/mol. The number of nitrogens with zero attached hydrogens (tertiary/aromatic N) is 1. The number of rotatable bonds is 6. The van der Waals surface area contributed by atoms with Gasteiger partial charge in [0.25, 0.3) is 5.91 Å². The van der Waals surface area contributed by atoms with Crippen LogP contribution in [0.4, 0.5) is 10.1 Å². The van der Waals surface area contributed by atoms with Crippen LogP contribution in [0.5, 0.6) is 0 Å². The van der Waals surface area contributed by atoms with E-state index in [0.29, 0.717) is 5.69 Å². The van der Waals surface area contributed by atoms with Crippen LogP contribution in [0.15, 0.2) is 46.9 Å². The minimum atomic E-state index is -0.564. The molecule has 0 radical (unpaired) electrons. The summed E-state index contributed by atoms with van der Waals surface area (Å²) in [5.41, 5.74) is 1.66. The molecule has 2 aromatic rings. The average molecular weight is 436 g/mol. The summed E-state index contributed by atoms with van der Waals surface area (Å²) in [6.07, 6.45) is 0. The minimum Gasteiger partial charge on any atom is -0.343 e. The third-order valence-corrected chi connectivity index (χ3v) is 4.25. The number of likely N-dealkylation sites (N-methyl/N-ethyl adjacent to an activating group) is 1. The summed E-state index contributed by atoms with van der Waals surface area (Å²) in [7, 11) is 1.46. The Morgan fingerprint density at radius 2 is 1.89 bits per heavy atom. The van der Waals surface area contributed by atoms with E-state index < -0.39 is 17.6 Å². The Morgan fingerprint density at radius 3 is 2.56 bits per heavy atom. The van der Waals surface area contributed by atoms with Gasteiger partial charge in [-0.1, -0.05) is 22.0 Å². The molecule has 2 aromatic carbocycles. The van der Waals surface area contributed by atoms with Crippen molar-refractivity contribution in [2.75, 3.05) is 25.5 Å². The number of carbonyl (C=O) groups is 3. The van der Waals surface area contributed by atoms with E-state index in [1.807, 2.05) is 13.0 Å². The van der Waals surface area contributed by atoms with Gasteiger partial charge in [0.1, 0.15) is 5.82 Å². The van der Waals surface area contributed by atoms with Crippen molar-refractivity contribution in [2.45, 2.75) is 6.92 Å². The van der Waals surface area contributed by atoms with Crippen LogP contribution in [-0.2, 0) is 9.59 Å². The topological polar surface area (TPSA) is 78.5 Å². The van der Waals surface area contributed by atoms with Gasteiger partial charge in [0.15, 0.2) is 0 Å². The Hall–Kier alpha value is -2.74. The second-order valence-electron chi connectivity index (χ2n) is 5.95. The van der Waals surface area contributed by atoms with Crippen LogP contribution < -0.4 is 10.6 Å². The fraction of sp³-hybridized carbons (Fsp3) is 0.211. The number of nitrogens with one attached hydrogen (secondary N) is 2. The van der Waals surface area contributed by atoms with Gasteiger partial charge in [0.05, 0.1) is 13.1 Å². The van der Waals surface area contributed by atoms with Gasteiger partial charge in [-0.15, -0.1) is 0 Å². The van der Waals surface area contributed by atoms with Crippen LogP contribution in [0, 0.1) is 12.7 Å². The van der Waals surface area contributed by atoms with Gasteiger partial charge in [-0.2, -0.15) is 0 Å². The molecule has 6 nitrogen and oxygen atoms in total. The minimum absolute atomic E-state index is 0.119. The van der Waals surface area contributed by atoms with Crippen LogP contribution >= 0.6 is 15.9 Å². The first-order valence-corrected chi connectivity index (χ1v) is 8.89. The van der Waals surface area contributed by atoms with Crippen molar-refractivity contribution in [3.63, 3.8) is 0 Å². The first-order chi connectivity index (χ1) is 12.8. The maximum absolute atomic E-state index is 13.1. The lowest BCUT2D eigenvalue weighted by atomic mass is 10.2. The summed E-state index contributed by atoms with van der Waals surface area (Å²) in [6.45, 7) is 1.40. The smallest absolute Gasteiger partial charge is 0.251 e. The second-order valence-corrected chi connectivity index (χ2v) is 6.87. The highest BCUT2D eigenvalue weighted by molar-refractivity contribution is 9.10. The van der Waals surface area contributed by atoms with Crippen LogP contribution in [-0.4, -0.2) is 42.8 Å². The highest BCUT2D eigenvalue weighted by Gasteiger charge is 2.15. The largest absolute Gasteiger partial charge is 0.343 e. The van der Waals surface area contributed by atoms with Crippen molar-refractivity contribution in [2.24, 2.45) is 0 Å². The molecule has 0 aliphatic heterocycles. The number of halogens is 2. The number of carbonyl (C=O) groups excluding carboxylic acids is 3. The summed E-state index contributed by atoms with van der Waals surface area (Å²) in [5.74, 6) is -1.90. The number of hydrogen-bond donors (Lipinski definition) is 2. The van der Waals surface area contributed by atoms with E-state index in [1.165, 1.54) is 30.1 Å². The molecule has 0 saturated heterocycles. The molecule has 0 fully saturated rings. The normalized spacial score (nSPS) is 10.2. The van der Waals surface area contributed by atoms with Crippen LogP contribution in [0.2, 0.25) is 0 Å². The van der Waals surface area contributed by atoms with E-state index in [0.717, 1.165) is 16.1 Å². The number of anilines is 1. The van der Waals surface area contributed by atoms with E-state index in [2.05, 4.69) is 26.6 Å². The molecule has 0 unspecified atom stereocenters. The van der Waals surface area contributed by atoms with Crippen molar-refractivity contribution in [3.05, 3.63) is 63.9 Å². The SMILES string of the molecule is Cc1cc(Br)ccc1NC(=O)CN(C)C(=O)CNC(=O)c1cccc(F)c1. The van der Waals surface area contributed by atoms with Gasteiger partial charge in [-0.05, 0) is 48.9 Å². The van der Waals surface area contributed by atoms with Crippen molar-refractivity contribution >= 4 is 39.3 Å². The fourth-order valence-electron chi connectivity index (χ4n) is 2.28. The third kappa shape index (κ3) is 6.18. The van der Waals surface area contributed by atoms with E-state index in [4.69, 9.17) is 0 Å². The molecule has 3 amide bonds. The van der Waals surface area contributed by atoms with Gasteiger partial charge < -0.3 is 15.5 Å². The summed E-state index contributed by atoms with van der Waals surface area (Å²) in [4.78, 5) is 37.3. The third-order valence-electron chi connectivity index (χ3n) is 3.76. The standard InChI is InChI=1S/C19H19BrFN3O3/c1-12-8-14(20)6-7-16(12)23-17(25)11-24(2)18(26)10-22-19(27)13-4-3-5-15(21)9-13/h3-9H,10-11H2,1-2H3,(H,22,27)(H,23,25). The highest BCUT2D eigenvalue weighted by atomic mass is 79.9. The molecule has 0 bridgehead atoms. The van der Waals surface area contributed by atoms with E-state index in [1.54, 1.807) is 12.1 Å². The molecule has 2 rings (SSSR count). The van der Waals surface area contributed by atoms with Gasteiger partial charge in [-0.25, -0.2) is 4.39 Å². The first kappa shape index (κ1) is 20.6. The van der Waals surface area contributed by atoms with E-state index >= 15 is 0 Å². The maximum Gasteiger partial charge on any atom is 0.251 e. The summed E-state index contributed by atoms with van der Waals surface area (Å²) in [6, 6.07) is 10.6. The molecule has 0 aliphatic carbocycles. The summed E-state index contributed by atoms with van der Waals surface area (Å²) in [5, 5.41) is 5.15. The highest BCUT2D eigenvalue weighted by Crippen LogP contribution is 2.19. The van der Waals surface area contributed by atoms with Crippen LogP contribution in [0.1, 0.15) is 15.9 Å². The number of benzene rings is 2. The van der Waals surface area contributed by atoms with E-state index in [-0.39, 0.29) is 24.6 Å². The molecule has 27 heavy (non-hydrogen) atoms. The zero-order chi connectivity index (χ0) is 20.0. The lowest BCUT2D eigenvalue weighted by Crippen LogP contribution is -2.41. The molecule has 8 heteroatoms. The second kappa shape index (κ2) is 9.27. The van der Waals surface area contributed by atoms with Crippen molar-refractivity contribution in [1.29, 1.82) is 0 Å². The molecule has 0 spiro atoms. The molecule has 142 valence electrons. The Bertz CT molecular complexity index is 873.